The normalized spacial score (nSPS) is 15.1. The summed E-state index contributed by atoms with van der Waals surface area (Å²) >= 11 is 1.56. The van der Waals surface area contributed by atoms with Gasteiger partial charge in [0.15, 0.2) is 6.61 Å². The number of benzene rings is 2. The van der Waals surface area contributed by atoms with Crippen molar-refractivity contribution in [2.24, 2.45) is 0 Å². The Kier molecular flexibility index (Phi) is 5.34. The van der Waals surface area contributed by atoms with Gasteiger partial charge in [0.25, 0.3) is 5.91 Å². The summed E-state index contributed by atoms with van der Waals surface area (Å²) in [6.07, 6.45) is 3.69. The molecular weight excluding hydrogens is 376 g/mol. The summed E-state index contributed by atoms with van der Waals surface area (Å²) in [5.74, 6) is -0.364. The third-order valence-corrected chi connectivity index (χ3v) is 5.87. The molecule has 2 aromatic rings. The first-order valence-corrected chi connectivity index (χ1v) is 10.2. The molecule has 6 nitrogen and oxygen atoms in total. The van der Waals surface area contributed by atoms with Crippen molar-refractivity contribution >= 4 is 40.9 Å². The van der Waals surface area contributed by atoms with E-state index in [0.29, 0.717) is 29.1 Å². The third kappa shape index (κ3) is 4.20. The zero-order valence-electron chi connectivity index (χ0n) is 15.2. The molecule has 2 amide bonds. The highest BCUT2D eigenvalue weighted by atomic mass is 32.2. The fourth-order valence-electron chi connectivity index (χ4n) is 3.41. The third-order valence-electron chi connectivity index (χ3n) is 4.79. The molecule has 28 heavy (non-hydrogen) atoms. The summed E-state index contributed by atoms with van der Waals surface area (Å²) in [5, 5.41) is 5.55. The summed E-state index contributed by atoms with van der Waals surface area (Å²) in [7, 11) is 0. The van der Waals surface area contributed by atoms with E-state index in [4.69, 9.17) is 4.74 Å². The molecule has 0 atom stereocenters. The molecule has 1 aliphatic carbocycles. The summed E-state index contributed by atoms with van der Waals surface area (Å²) in [6, 6.07) is 10.9. The molecule has 0 aromatic heterocycles. The molecule has 2 N–H and O–H groups in total. The van der Waals surface area contributed by atoms with Crippen LogP contribution in [0.4, 0.5) is 11.4 Å². The van der Waals surface area contributed by atoms with Gasteiger partial charge in [-0.25, -0.2) is 4.79 Å². The number of amides is 2. The standard InChI is InChI=1S/C21H20N2O4S/c24-19-8-9-28-18-7-5-15(11-17(18)23-19)21(26)27-12-20(25)22-16-6-4-13-2-1-3-14(13)10-16/h4-7,10-11H,1-3,8-9,12H2,(H,22,25)(H,23,24). The van der Waals surface area contributed by atoms with Gasteiger partial charge in [-0.1, -0.05) is 6.07 Å². The number of carbonyl (C=O) groups is 3. The van der Waals surface area contributed by atoms with Gasteiger partial charge in [-0.2, -0.15) is 0 Å². The highest BCUT2D eigenvalue weighted by molar-refractivity contribution is 7.99. The van der Waals surface area contributed by atoms with Crippen molar-refractivity contribution in [3.05, 3.63) is 53.1 Å². The molecule has 1 heterocycles. The first-order valence-electron chi connectivity index (χ1n) is 9.24. The SMILES string of the molecule is O=C(COC(=O)c1ccc2c(c1)NC(=O)CCS2)Nc1ccc2c(c1)CCC2. The Hall–Kier alpha value is -2.80. The molecule has 0 saturated heterocycles. The lowest BCUT2D eigenvalue weighted by Gasteiger charge is -2.10. The van der Waals surface area contributed by atoms with Crippen molar-refractivity contribution < 1.29 is 19.1 Å². The highest BCUT2D eigenvalue weighted by Crippen LogP contribution is 2.31. The largest absolute Gasteiger partial charge is 0.452 e. The van der Waals surface area contributed by atoms with E-state index in [2.05, 4.69) is 10.6 Å². The average Bonchev–Trinajstić information content (AvgIpc) is 3.06. The molecule has 0 fully saturated rings. The van der Waals surface area contributed by atoms with E-state index in [9.17, 15) is 14.4 Å². The maximum Gasteiger partial charge on any atom is 0.338 e. The fraction of sp³-hybridized carbons (Fsp3) is 0.286. The van der Waals surface area contributed by atoms with Crippen LogP contribution in [-0.4, -0.2) is 30.1 Å². The Morgan fingerprint density at radius 1 is 1.07 bits per heavy atom. The van der Waals surface area contributed by atoms with Crippen molar-refractivity contribution in [2.45, 2.75) is 30.6 Å². The molecule has 0 saturated carbocycles. The second-order valence-corrected chi connectivity index (χ2v) is 7.96. The van der Waals surface area contributed by atoms with Gasteiger partial charge in [0, 0.05) is 22.8 Å². The Morgan fingerprint density at radius 2 is 1.93 bits per heavy atom. The second kappa shape index (κ2) is 8.06. The van der Waals surface area contributed by atoms with Crippen LogP contribution in [0.3, 0.4) is 0 Å². The number of hydrogen-bond acceptors (Lipinski definition) is 5. The zero-order chi connectivity index (χ0) is 19.5. The van der Waals surface area contributed by atoms with Crippen molar-refractivity contribution in [2.75, 3.05) is 23.0 Å². The predicted molar refractivity (Wildman–Crippen MR) is 108 cm³/mol. The van der Waals surface area contributed by atoms with Crippen molar-refractivity contribution in [3.8, 4) is 0 Å². The first-order chi connectivity index (χ1) is 13.6. The van der Waals surface area contributed by atoms with Gasteiger partial charge in [-0.15, -0.1) is 11.8 Å². The molecule has 144 valence electrons. The number of nitrogens with one attached hydrogen (secondary N) is 2. The molecule has 2 aromatic carbocycles. The Morgan fingerprint density at radius 3 is 2.82 bits per heavy atom. The van der Waals surface area contributed by atoms with E-state index < -0.39 is 5.97 Å². The smallest absolute Gasteiger partial charge is 0.338 e. The maximum absolute atomic E-state index is 12.3. The Bertz CT molecular complexity index is 957. The number of rotatable bonds is 4. The summed E-state index contributed by atoms with van der Waals surface area (Å²) < 4.78 is 5.13. The van der Waals surface area contributed by atoms with Crippen LogP contribution in [-0.2, 0) is 27.2 Å². The number of fused-ring (bicyclic) bond motifs is 2. The minimum atomic E-state index is -0.601. The molecule has 0 bridgehead atoms. The molecular formula is C21H20N2O4S. The molecule has 0 spiro atoms. The number of ether oxygens (including phenoxy) is 1. The van der Waals surface area contributed by atoms with Crippen LogP contribution < -0.4 is 10.6 Å². The summed E-state index contributed by atoms with van der Waals surface area (Å²) in [6.45, 7) is -0.367. The van der Waals surface area contributed by atoms with Crippen LogP contribution in [0.25, 0.3) is 0 Å². The van der Waals surface area contributed by atoms with Gasteiger partial charge in [0.05, 0.1) is 11.3 Å². The Labute approximate surface area is 167 Å². The summed E-state index contributed by atoms with van der Waals surface area (Å²) in [5.41, 5.74) is 4.21. The average molecular weight is 396 g/mol. The van der Waals surface area contributed by atoms with Gasteiger partial charge >= 0.3 is 5.97 Å². The number of anilines is 2. The second-order valence-electron chi connectivity index (χ2n) is 6.82. The number of thioether (sulfide) groups is 1. The monoisotopic (exact) mass is 396 g/mol. The first kappa shape index (κ1) is 18.6. The van der Waals surface area contributed by atoms with E-state index in [1.165, 1.54) is 11.1 Å². The van der Waals surface area contributed by atoms with E-state index >= 15 is 0 Å². The van der Waals surface area contributed by atoms with Crippen LogP contribution in [0.15, 0.2) is 41.3 Å². The Balaban J connectivity index is 1.35. The minimum Gasteiger partial charge on any atom is -0.452 e. The molecule has 4 rings (SSSR count). The quantitative estimate of drug-likeness (QED) is 0.774. The summed E-state index contributed by atoms with van der Waals surface area (Å²) in [4.78, 5) is 37.0. The molecule has 2 aliphatic rings. The lowest BCUT2D eigenvalue weighted by molar-refractivity contribution is -0.119. The lowest BCUT2D eigenvalue weighted by atomic mass is 10.1. The number of carbonyl (C=O) groups excluding carboxylic acids is 3. The zero-order valence-corrected chi connectivity index (χ0v) is 16.1. The number of hydrogen-bond donors (Lipinski definition) is 2. The van der Waals surface area contributed by atoms with Gasteiger partial charge in [0.2, 0.25) is 5.91 Å². The lowest BCUT2D eigenvalue weighted by Crippen LogP contribution is -2.21. The van der Waals surface area contributed by atoms with Crippen LogP contribution in [0, 0.1) is 0 Å². The van der Waals surface area contributed by atoms with Crippen molar-refractivity contribution in [3.63, 3.8) is 0 Å². The van der Waals surface area contributed by atoms with E-state index in [0.717, 1.165) is 24.2 Å². The minimum absolute atomic E-state index is 0.0782. The van der Waals surface area contributed by atoms with Crippen molar-refractivity contribution in [1.29, 1.82) is 0 Å². The van der Waals surface area contributed by atoms with Crippen molar-refractivity contribution in [1.82, 2.24) is 0 Å². The van der Waals surface area contributed by atoms with E-state index in [1.54, 1.807) is 30.0 Å². The molecule has 1 aliphatic heterocycles. The van der Waals surface area contributed by atoms with Gasteiger partial charge < -0.3 is 15.4 Å². The number of aryl methyl sites for hydroxylation is 2. The number of esters is 1. The van der Waals surface area contributed by atoms with Crippen LogP contribution in [0.5, 0.6) is 0 Å². The maximum atomic E-state index is 12.3. The van der Waals surface area contributed by atoms with E-state index in [-0.39, 0.29) is 18.4 Å². The fourth-order valence-corrected chi connectivity index (χ4v) is 4.35. The van der Waals surface area contributed by atoms with Gasteiger partial charge in [0.1, 0.15) is 0 Å². The molecule has 0 unspecified atom stereocenters. The van der Waals surface area contributed by atoms with E-state index in [1.807, 2.05) is 18.2 Å². The molecule has 0 radical (unpaired) electrons. The van der Waals surface area contributed by atoms with Crippen LogP contribution in [0.2, 0.25) is 0 Å². The van der Waals surface area contributed by atoms with Crippen LogP contribution in [0.1, 0.15) is 34.3 Å². The van der Waals surface area contributed by atoms with Gasteiger partial charge in [-0.05, 0) is 60.7 Å². The topological polar surface area (TPSA) is 84.5 Å². The highest BCUT2D eigenvalue weighted by Gasteiger charge is 2.17. The molecule has 7 heteroatoms. The van der Waals surface area contributed by atoms with Gasteiger partial charge in [-0.3, -0.25) is 9.59 Å². The predicted octanol–water partition coefficient (Wildman–Crippen LogP) is 3.41. The van der Waals surface area contributed by atoms with Crippen LogP contribution >= 0.6 is 11.8 Å².